The number of aliphatic hydroxyl groups excluding tert-OH is 1. The Morgan fingerprint density at radius 3 is 2.78 bits per heavy atom. The monoisotopic (exact) mass is 245 g/mol. The average Bonchev–Trinajstić information content (AvgIpc) is 2.33. The van der Waals surface area contributed by atoms with Crippen LogP contribution in [0.1, 0.15) is 19.4 Å². The number of hydrogen-bond acceptors (Lipinski definition) is 4. The van der Waals surface area contributed by atoms with Crippen molar-refractivity contribution in [2.24, 2.45) is 0 Å². The van der Waals surface area contributed by atoms with Crippen molar-refractivity contribution in [1.29, 1.82) is 0 Å². The molecule has 4 nitrogen and oxygen atoms in total. The van der Waals surface area contributed by atoms with E-state index in [0.29, 0.717) is 0 Å². The standard InChI is InChI=1S/C14H19N3O/c1-9-7-16-13(17-14(2,3)8-18)10-5-4-6-11(15)12(9)10/h4-7,18H,8,15H2,1-3H3,(H,16,17). The van der Waals surface area contributed by atoms with Crippen LogP contribution < -0.4 is 11.1 Å². The molecule has 96 valence electrons. The lowest BCUT2D eigenvalue weighted by atomic mass is 10.0. The second-order valence-corrected chi connectivity index (χ2v) is 5.23. The molecule has 0 amide bonds. The largest absolute Gasteiger partial charge is 0.398 e. The molecule has 2 rings (SSSR count). The first-order valence-corrected chi connectivity index (χ1v) is 5.97. The van der Waals surface area contributed by atoms with Crippen LogP contribution in [0.25, 0.3) is 10.8 Å². The van der Waals surface area contributed by atoms with Crippen molar-refractivity contribution < 1.29 is 5.11 Å². The zero-order valence-electron chi connectivity index (χ0n) is 11.0. The van der Waals surface area contributed by atoms with E-state index < -0.39 is 5.54 Å². The molecule has 0 aliphatic rings. The molecule has 1 heterocycles. The maximum Gasteiger partial charge on any atom is 0.134 e. The van der Waals surface area contributed by atoms with E-state index in [4.69, 9.17) is 5.73 Å². The first-order valence-electron chi connectivity index (χ1n) is 5.97. The van der Waals surface area contributed by atoms with Gasteiger partial charge in [0.05, 0.1) is 12.1 Å². The number of nitrogens with zero attached hydrogens (tertiary/aromatic N) is 1. The Balaban J connectivity index is 2.60. The van der Waals surface area contributed by atoms with Crippen LogP contribution in [0, 0.1) is 6.92 Å². The molecule has 18 heavy (non-hydrogen) atoms. The highest BCUT2D eigenvalue weighted by Gasteiger charge is 2.18. The quantitative estimate of drug-likeness (QED) is 0.726. The van der Waals surface area contributed by atoms with Crippen molar-refractivity contribution in [2.45, 2.75) is 26.3 Å². The van der Waals surface area contributed by atoms with Gasteiger partial charge in [-0.2, -0.15) is 0 Å². The lowest BCUT2D eigenvalue weighted by Crippen LogP contribution is -2.35. The fourth-order valence-electron chi connectivity index (χ4n) is 1.96. The molecule has 4 heteroatoms. The Bertz CT molecular complexity index is 570. The summed E-state index contributed by atoms with van der Waals surface area (Å²) >= 11 is 0. The molecule has 0 unspecified atom stereocenters. The normalized spacial score (nSPS) is 11.8. The summed E-state index contributed by atoms with van der Waals surface area (Å²) in [5, 5.41) is 14.6. The van der Waals surface area contributed by atoms with Crippen molar-refractivity contribution >= 4 is 22.3 Å². The van der Waals surface area contributed by atoms with E-state index in [2.05, 4.69) is 10.3 Å². The summed E-state index contributed by atoms with van der Waals surface area (Å²) < 4.78 is 0. The Labute approximate surface area is 107 Å². The number of pyridine rings is 1. The first kappa shape index (κ1) is 12.6. The average molecular weight is 245 g/mol. The van der Waals surface area contributed by atoms with E-state index in [1.807, 2.05) is 39.0 Å². The fraction of sp³-hybridized carbons (Fsp3) is 0.357. The molecular formula is C14H19N3O. The van der Waals surface area contributed by atoms with Gasteiger partial charge in [-0.25, -0.2) is 4.98 Å². The summed E-state index contributed by atoms with van der Waals surface area (Å²) in [5.74, 6) is 0.752. The molecule has 0 bridgehead atoms. The number of hydrogen-bond donors (Lipinski definition) is 3. The molecule has 4 N–H and O–H groups in total. The minimum Gasteiger partial charge on any atom is -0.398 e. The molecule has 2 aromatic rings. The smallest absolute Gasteiger partial charge is 0.134 e. The van der Waals surface area contributed by atoms with Crippen molar-refractivity contribution in [3.8, 4) is 0 Å². The van der Waals surface area contributed by atoms with Gasteiger partial charge in [-0.1, -0.05) is 12.1 Å². The Morgan fingerprint density at radius 1 is 1.39 bits per heavy atom. The third kappa shape index (κ3) is 2.24. The van der Waals surface area contributed by atoms with Crippen LogP contribution in [0.2, 0.25) is 0 Å². The highest BCUT2D eigenvalue weighted by molar-refractivity contribution is 6.01. The lowest BCUT2D eigenvalue weighted by Gasteiger charge is -2.25. The predicted molar refractivity (Wildman–Crippen MR) is 75.7 cm³/mol. The van der Waals surface area contributed by atoms with Crippen LogP contribution in [-0.2, 0) is 0 Å². The van der Waals surface area contributed by atoms with Gasteiger partial charge in [0.1, 0.15) is 5.82 Å². The minimum atomic E-state index is -0.417. The van der Waals surface area contributed by atoms with Crippen molar-refractivity contribution in [2.75, 3.05) is 17.7 Å². The molecule has 0 saturated carbocycles. The number of nitrogen functional groups attached to an aromatic ring is 1. The zero-order valence-corrected chi connectivity index (χ0v) is 11.0. The van der Waals surface area contributed by atoms with Crippen LogP contribution in [0.5, 0.6) is 0 Å². The third-order valence-corrected chi connectivity index (χ3v) is 2.99. The Kier molecular flexibility index (Phi) is 3.13. The van der Waals surface area contributed by atoms with Crippen LogP contribution in [0.4, 0.5) is 11.5 Å². The van der Waals surface area contributed by atoms with Gasteiger partial charge in [-0.3, -0.25) is 0 Å². The maximum absolute atomic E-state index is 9.32. The predicted octanol–water partition coefficient (Wildman–Crippen LogP) is 2.31. The summed E-state index contributed by atoms with van der Waals surface area (Å²) in [4.78, 5) is 4.40. The summed E-state index contributed by atoms with van der Waals surface area (Å²) in [7, 11) is 0. The second kappa shape index (κ2) is 4.46. The number of aryl methyl sites for hydroxylation is 1. The number of aromatic nitrogens is 1. The molecule has 0 saturated heterocycles. The van der Waals surface area contributed by atoms with Crippen molar-refractivity contribution in [1.82, 2.24) is 4.98 Å². The molecule has 0 aliphatic heterocycles. The van der Waals surface area contributed by atoms with E-state index >= 15 is 0 Å². The fourth-order valence-corrected chi connectivity index (χ4v) is 1.96. The van der Waals surface area contributed by atoms with E-state index in [1.165, 1.54) is 0 Å². The Morgan fingerprint density at radius 2 is 2.11 bits per heavy atom. The second-order valence-electron chi connectivity index (χ2n) is 5.23. The summed E-state index contributed by atoms with van der Waals surface area (Å²) in [6.45, 7) is 5.87. The topological polar surface area (TPSA) is 71.2 Å². The molecule has 0 spiro atoms. The van der Waals surface area contributed by atoms with Gasteiger partial charge >= 0.3 is 0 Å². The van der Waals surface area contributed by atoms with Gasteiger partial charge in [0.25, 0.3) is 0 Å². The molecule has 1 aromatic carbocycles. The number of rotatable bonds is 3. The number of benzene rings is 1. The number of fused-ring (bicyclic) bond motifs is 1. The van der Waals surface area contributed by atoms with Crippen LogP contribution in [-0.4, -0.2) is 22.2 Å². The van der Waals surface area contributed by atoms with Crippen LogP contribution >= 0.6 is 0 Å². The first-order chi connectivity index (χ1) is 8.44. The zero-order chi connectivity index (χ0) is 13.3. The van der Waals surface area contributed by atoms with Crippen LogP contribution in [0.3, 0.4) is 0 Å². The van der Waals surface area contributed by atoms with Gasteiger partial charge in [-0.15, -0.1) is 0 Å². The van der Waals surface area contributed by atoms with Crippen LogP contribution in [0.15, 0.2) is 24.4 Å². The van der Waals surface area contributed by atoms with Gasteiger partial charge in [0.15, 0.2) is 0 Å². The van der Waals surface area contributed by atoms with E-state index in [-0.39, 0.29) is 6.61 Å². The minimum absolute atomic E-state index is 0.0341. The van der Waals surface area contributed by atoms with Gasteiger partial charge in [0, 0.05) is 22.7 Å². The Hall–Kier alpha value is -1.81. The van der Waals surface area contributed by atoms with Gasteiger partial charge in [0.2, 0.25) is 0 Å². The molecule has 1 aromatic heterocycles. The lowest BCUT2D eigenvalue weighted by molar-refractivity contribution is 0.234. The number of anilines is 2. The highest BCUT2D eigenvalue weighted by atomic mass is 16.3. The van der Waals surface area contributed by atoms with Crippen molar-refractivity contribution in [3.05, 3.63) is 30.0 Å². The van der Waals surface area contributed by atoms with Crippen molar-refractivity contribution in [3.63, 3.8) is 0 Å². The van der Waals surface area contributed by atoms with E-state index in [0.717, 1.165) is 27.8 Å². The molecule has 0 atom stereocenters. The molecule has 0 fully saturated rings. The SMILES string of the molecule is Cc1cnc(NC(C)(C)CO)c2cccc(N)c12. The molecule has 0 aliphatic carbocycles. The highest BCUT2D eigenvalue weighted by Crippen LogP contribution is 2.30. The summed E-state index contributed by atoms with van der Waals surface area (Å²) in [6, 6.07) is 5.79. The third-order valence-electron chi connectivity index (χ3n) is 2.99. The number of aliphatic hydroxyl groups is 1. The maximum atomic E-state index is 9.32. The number of nitrogens with one attached hydrogen (secondary N) is 1. The van der Waals surface area contributed by atoms with Gasteiger partial charge < -0.3 is 16.2 Å². The number of nitrogens with two attached hydrogens (primary N) is 1. The molecule has 0 radical (unpaired) electrons. The van der Waals surface area contributed by atoms with Gasteiger partial charge in [-0.05, 0) is 32.4 Å². The van der Waals surface area contributed by atoms with E-state index in [9.17, 15) is 5.11 Å². The van der Waals surface area contributed by atoms with E-state index in [1.54, 1.807) is 6.20 Å². The summed E-state index contributed by atoms with van der Waals surface area (Å²) in [5.41, 5.74) is 7.40. The molecular weight excluding hydrogens is 226 g/mol. The summed E-state index contributed by atoms with van der Waals surface area (Å²) in [6.07, 6.45) is 1.80.